The van der Waals surface area contributed by atoms with Gasteiger partial charge in [0.15, 0.2) is 0 Å². The highest BCUT2D eigenvalue weighted by atomic mass is 32.2. The van der Waals surface area contributed by atoms with Crippen molar-refractivity contribution in [1.29, 1.82) is 0 Å². The number of aryl methyl sites for hydroxylation is 1. The standard InChI is InChI=1S/C11H18N2O2S/c1-4-9-7-10(8(2)12)5-6-11(9)13-16(3,14)15/h5-8,13H,4,12H2,1-3H3. The quantitative estimate of drug-likeness (QED) is 0.843. The van der Waals surface area contributed by atoms with Crippen LogP contribution in [0.1, 0.15) is 31.0 Å². The van der Waals surface area contributed by atoms with E-state index >= 15 is 0 Å². The molecule has 3 N–H and O–H groups in total. The molecule has 0 aromatic heterocycles. The lowest BCUT2D eigenvalue weighted by atomic mass is 10.0. The van der Waals surface area contributed by atoms with E-state index in [0.717, 1.165) is 23.8 Å². The van der Waals surface area contributed by atoms with E-state index in [1.807, 2.05) is 26.0 Å². The Morgan fingerprint density at radius 1 is 1.44 bits per heavy atom. The molecule has 0 radical (unpaired) electrons. The summed E-state index contributed by atoms with van der Waals surface area (Å²) in [5.41, 5.74) is 8.38. The second-order valence-electron chi connectivity index (χ2n) is 3.93. The highest BCUT2D eigenvalue weighted by molar-refractivity contribution is 7.92. The van der Waals surface area contributed by atoms with Crippen molar-refractivity contribution < 1.29 is 8.42 Å². The molecular formula is C11H18N2O2S. The molecule has 0 aliphatic heterocycles. The fraction of sp³-hybridized carbons (Fsp3) is 0.455. The summed E-state index contributed by atoms with van der Waals surface area (Å²) in [6.45, 7) is 3.88. The molecule has 90 valence electrons. The van der Waals surface area contributed by atoms with Crippen LogP contribution >= 0.6 is 0 Å². The molecule has 0 bridgehead atoms. The SMILES string of the molecule is CCc1cc(C(C)N)ccc1NS(C)(=O)=O. The predicted octanol–water partition coefficient (Wildman–Crippen LogP) is 1.64. The molecule has 0 saturated carbocycles. The summed E-state index contributed by atoms with van der Waals surface area (Å²) in [5.74, 6) is 0. The van der Waals surface area contributed by atoms with Crippen molar-refractivity contribution in [2.75, 3.05) is 11.0 Å². The van der Waals surface area contributed by atoms with Gasteiger partial charge in [0.2, 0.25) is 10.0 Å². The van der Waals surface area contributed by atoms with Crippen LogP contribution in [-0.4, -0.2) is 14.7 Å². The van der Waals surface area contributed by atoms with Crippen LogP contribution in [0.2, 0.25) is 0 Å². The lowest BCUT2D eigenvalue weighted by Crippen LogP contribution is -2.12. The van der Waals surface area contributed by atoms with Crippen LogP contribution in [0.4, 0.5) is 5.69 Å². The molecule has 0 fully saturated rings. The van der Waals surface area contributed by atoms with E-state index in [4.69, 9.17) is 5.73 Å². The van der Waals surface area contributed by atoms with Crippen LogP contribution in [0.3, 0.4) is 0 Å². The Morgan fingerprint density at radius 3 is 2.50 bits per heavy atom. The molecule has 5 heteroatoms. The Morgan fingerprint density at radius 2 is 2.06 bits per heavy atom. The van der Waals surface area contributed by atoms with Gasteiger partial charge in [-0.3, -0.25) is 4.72 Å². The maximum absolute atomic E-state index is 11.2. The Labute approximate surface area is 96.9 Å². The third-order valence-electron chi connectivity index (χ3n) is 2.33. The molecule has 4 nitrogen and oxygen atoms in total. The Bertz CT molecular complexity index is 467. The molecule has 1 aromatic rings. The number of hydrogen-bond donors (Lipinski definition) is 2. The Kier molecular flexibility index (Phi) is 3.93. The van der Waals surface area contributed by atoms with Gasteiger partial charge in [-0.05, 0) is 30.5 Å². The lowest BCUT2D eigenvalue weighted by molar-refractivity contribution is 0.606. The van der Waals surface area contributed by atoms with Crippen LogP contribution in [0, 0.1) is 0 Å². The van der Waals surface area contributed by atoms with E-state index < -0.39 is 10.0 Å². The molecule has 1 aromatic carbocycles. The Hall–Kier alpha value is -1.07. The number of rotatable bonds is 4. The zero-order valence-electron chi connectivity index (χ0n) is 9.82. The first-order chi connectivity index (χ1) is 7.33. The number of nitrogens with one attached hydrogen (secondary N) is 1. The van der Waals surface area contributed by atoms with Crippen molar-refractivity contribution in [3.8, 4) is 0 Å². The van der Waals surface area contributed by atoms with Crippen molar-refractivity contribution in [2.45, 2.75) is 26.3 Å². The number of benzene rings is 1. The monoisotopic (exact) mass is 242 g/mol. The minimum Gasteiger partial charge on any atom is -0.324 e. The maximum Gasteiger partial charge on any atom is 0.229 e. The fourth-order valence-electron chi connectivity index (χ4n) is 1.49. The lowest BCUT2D eigenvalue weighted by Gasteiger charge is -2.13. The zero-order chi connectivity index (χ0) is 12.3. The smallest absolute Gasteiger partial charge is 0.229 e. The molecule has 1 unspecified atom stereocenters. The van der Waals surface area contributed by atoms with Gasteiger partial charge in [-0.25, -0.2) is 8.42 Å². The van der Waals surface area contributed by atoms with Gasteiger partial charge >= 0.3 is 0 Å². The molecule has 0 aliphatic carbocycles. The summed E-state index contributed by atoms with van der Waals surface area (Å²) in [6, 6.07) is 5.51. The normalized spacial score (nSPS) is 13.5. The van der Waals surface area contributed by atoms with Crippen molar-refractivity contribution in [3.05, 3.63) is 29.3 Å². The summed E-state index contributed by atoms with van der Waals surface area (Å²) >= 11 is 0. The number of hydrogen-bond acceptors (Lipinski definition) is 3. The van der Waals surface area contributed by atoms with Crippen molar-refractivity contribution in [3.63, 3.8) is 0 Å². The van der Waals surface area contributed by atoms with Crippen LogP contribution in [0.5, 0.6) is 0 Å². The fourth-order valence-corrected chi connectivity index (χ4v) is 2.09. The Balaban J connectivity index is 3.12. The number of sulfonamides is 1. The second-order valence-corrected chi connectivity index (χ2v) is 5.68. The van der Waals surface area contributed by atoms with Crippen LogP contribution in [-0.2, 0) is 16.4 Å². The van der Waals surface area contributed by atoms with E-state index in [1.165, 1.54) is 0 Å². The van der Waals surface area contributed by atoms with Crippen molar-refractivity contribution in [1.82, 2.24) is 0 Å². The van der Waals surface area contributed by atoms with Gasteiger partial charge in [0.25, 0.3) is 0 Å². The molecular weight excluding hydrogens is 224 g/mol. The second kappa shape index (κ2) is 4.84. The van der Waals surface area contributed by atoms with E-state index in [1.54, 1.807) is 6.07 Å². The summed E-state index contributed by atoms with van der Waals surface area (Å²) in [6.07, 6.45) is 1.91. The highest BCUT2D eigenvalue weighted by Crippen LogP contribution is 2.21. The molecule has 0 amide bonds. The van der Waals surface area contributed by atoms with Crippen LogP contribution < -0.4 is 10.5 Å². The van der Waals surface area contributed by atoms with E-state index in [9.17, 15) is 8.42 Å². The molecule has 1 rings (SSSR count). The minimum atomic E-state index is -3.22. The topological polar surface area (TPSA) is 72.2 Å². The molecule has 16 heavy (non-hydrogen) atoms. The number of anilines is 1. The largest absolute Gasteiger partial charge is 0.324 e. The van der Waals surface area contributed by atoms with Crippen molar-refractivity contribution in [2.24, 2.45) is 5.73 Å². The van der Waals surface area contributed by atoms with E-state index in [2.05, 4.69) is 4.72 Å². The first-order valence-electron chi connectivity index (χ1n) is 5.19. The predicted molar refractivity (Wildman–Crippen MR) is 66.9 cm³/mol. The summed E-state index contributed by atoms with van der Waals surface area (Å²) in [5, 5.41) is 0. The first kappa shape index (κ1) is 13.0. The van der Waals surface area contributed by atoms with Crippen LogP contribution in [0.25, 0.3) is 0 Å². The third kappa shape index (κ3) is 3.50. The average Bonchev–Trinajstić information content (AvgIpc) is 2.15. The summed E-state index contributed by atoms with van der Waals surface area (Å²) < 4.78 is 24.8. The van der Waals surface area contributed by atoms with Crippen LogP contribution in [0.15, 0.2) is 18.2 Å². The number of nitrogens with two attached hydrogens (primary N) is 1. The maximum atomic E-state index is 11.2. The first-order valence-corrected chi connectivity index (χ1v) is 7.09. The average molecular weight is 242 g/mol. The molecule has 1 atom stereocenters. The zero-order valence-corrected chi connectivity index (χ0v) is 10.6. The third-order valence-corrected chi connectivity index (χ3v) is 2.92. The summed E-state index contributed by atoms with van der Waals surface area (Å²) in [7, 11) is -3.22. The van der Waals surface area contributed by atoms with E-state index in [-0.39, 0.29) is 6.04 Å². The van der Waals surface area contributed by atoms with Gasteiger partial charge in [-0.2, -0.15) is 0 Å². The van der Waals surface area contributed by atoms with Gasteiger partial charge in [-0.15, -0.1) is 0 Å². The van der Waals surface area contributed by atoms with Crippen molar-refractivity contribution >= 4 is 15.7 Å². The van der Waals surface area contributed by atoms with Gasteiger partial charge in [0.05, 0.1) is 11.9 Å². The van der Waals surface area contributed by atoms with Gasteiger partial charge in [0.1, 0.15) is 0 Å². The minimum absolute atomic E-state index is 0.0439. The van der Waals surface area contributed by atoms with Gasteiger partial charge in [-0.1, -0.05) is 19.1 Å². The van der Waals surface area contributed by atoms with Gasteiger partial charge < -0.3 is 5.73 Å². The van der Waals surface area contributed by atoms with E-state index in [0.29, 0.717) is 5.69 Å². The molecule has 0 saturated heterocycles. The van der Waals surface area contributed by atoms with Gasteiger partial charge in [0, 0.05) is 6.04 Å². The molecule has 0 aliphatic rings. The molecule has 0 spiro atoms. The summed E-state index contributed by atoms with van der Waals surface area (Å²) in [4.78, 5) is 0. The highest BCUT2D eigenvalue weighted by Gasteiger charge is 2.08. The molecule has 0 heterocycles.